The molecule has 0 amide bonds. The van der Waals surface area contributed by atoms with E-state index in [0.29, 0.717) is 64.2 Å². The molecule has 240 valence electrons. The summed E-state index contributed by atoms with van der Waals surface area (Å²) in [5.74, 6) is 0.404. The Morgan fingerprint density at radius 3 is 2.24 bits per heavy atom. The van der Waals surface area contributed by atoms with Crippen LogP contribution in [-0.4, -0.2) is 59.1 Å². The zero-order chi connectivity index (χ0) is 32.7. The zero-order valence-corrected chi connectivity index (χ0v) is 26.1. The molecular formula is C32H31N3O10S. The van der Waals surface area contributed by atoms with Crippen molar-refractivity contribution < 1.29 is 46.4 Å². The zero-order valence-electron chi connectivity index (χ0n) is 25.3. The fourth-order valence-electron chi connectivity index (χ4n) is 4.75. The van der Waals surface area contributed by atoms with Crippen molar-refractivity contribution in [1.82, 2.24) is 10.1 Å². The normalized spacial score (nSPS) is 11.3. The number of pyridine rings is 1. The van der Waals surface area contributed by atoms with E-state index in [4.69, 9.17) is 28.7 Å². The van der Waals surface area contributed by atoms with E-state index in [1.165, 1.54) is 45.6 Å². The smallest absolute Gasteiger partial charge is 0.414 e. The molecule has 0 aliphatic rings. The molecule has 0 atom stereocenters. The Labute approximate surface area is 264 Å². The van der Waals surface area contributed by atoms with Crippen LogP contribution in [-0.2, 0) is 14.6 Å². The molecular weight excluding hydrogens is 618 g/mol. The van der Waals surface area contributed by atoms with Crippen molar-refractivity contribution in [2.45, 2.75) is 29.2 Å². The SMILES string of the molecule is COc1cc(-c2cc(C(=O)OCCCCCOc3no[n+]([O-])c3S(=O)(=O)c3ccccc3)c3ccccc3n2)cc(OC)c1OC. The first kappa shape index (κ1) is 32.0. The maximum absolute atomic E-state index is 13.3. The number of carbonyl (C=O) groups is 1. The number of nitrogens with zero attached hydrogens (tertiary/aromatic N) is 3. The number of sulfone groups is 1. The molecule has 3 aromatic carbocycles. The molecule has 5 aromatic rings. The van der Waals surface area contributed by atoms with Gasteiger partial charge >= 0.3 is 16.9 Å². The molecule has 0 radical (unpaired) electrons. The number of rotatable bonds is 14. The fourth-order valence-corrected chi connectivity index (χ4v) is 6.05. The highest BCUT2D eigenvalue weighted by Crippen LogP contribution is 2.41. The Morgan fingerprint density at radius 1 is 0.870 bits per heavy atom. The van der Waals surface area contributed by atoms with Gasteiger partial charge in [-0.05, 0) is 60.6 Å². The highest BCUT2D eigenvalue weighted by atomic mass is 32.2. The van der Waals surface area contributed by atoms with Crippen LogP contribution in [0.3, 0.4) is 0 Å². The van der Waals surface area contributed by atoms with E-state index in [2.05, 4.69) is 9.79 Å². The fraction of sp³-hybridized carbons (Fsp3) is 0.250. The summed E-state index contributed by atoms with van der Waals surface area (Å²) in [6, 6.07) is 19.9. The molecule has 13 nitrogen and oxygen atoms in total. The van der Waals surface area contributed by atoms with Gasteiger partial charge in [0.2, 0.25) is 5.75 Å². The number of aromatic nitrogens is 3. The minimum atomic E-state index is -4.20. The number of methoxy groups -OCH3 is 3. The van der Waals surface area contributed by atoms with Gasteiger partial charge in [-0.25, -0.2) is 18.2 Å². The van der Waals surface area contributed by atoms with Crippen LogP contribution in [0.2, 0.25) is 0 Å². The molecule has 14 heteroatoms. The molecule has 2 aromatic heterocycles. The van der Waals surface area contributed by atoms with Crippen LogP contribution in [0.5, 0.6) is 23.1 Å². The first-order chi connectivity index (χ1) is 22.3. The van der Waals surface area contributed by atoms with E-state index < -0.39 is 26.7 Å². The second-order valence-electron chi connectivity index (χ2n) is 9.89. The van der Waals surface area contributed by atoms with Crippen molar-refractivity contribution in [1.29, 1.82) is 0 Å². The van der Waals surface area contributed by atoms with Gasteiger partial charge in [0.15, 0.2) is 11.5 Å². The van der Waals surface area contributed by atoms with Crippen LogP contribution < -0.4 is 23.9 Å². The van der Waals surface area contributed by atoms with Crippen LogP contribution in [0.1, 0.15) is 29.6 Å². The summed E-state index contributed by atoms with van der Waals surface area (Å²) in [6.45, 7) is 0.193. The molecule has 0 N–H and O–H groups in total. The van der Waals surface area contributed by atoms with E-state index in [-0.39, 0.29) is 23.0 Å². The Hall–Kier alpha value is -5.37. The third-order valence-electron chi connectivity index (χ3n) is 7.01. The topological polar surface area (TPSA) is 163 Å². The number of esters is 1. The molecule has 0 aliphatic heterocycles. The monoisotopic (exact) mass is 649 g/mol. The third kappa shape index (κ3) is 6.66. The molecule has 0 aliphatic carbocycles. The van der Waals surface area contributed by atoms with Crippen LogP contribution >= 0.6 is 0 Å². The molecule has 0 saturated carbocycles. The van der Waals surface area contributed by atoms with Gasteiger partial charge in [0.05, 0.1) is 61.4 Å². The lowest BCUT2D eigenvalue weighted by Gasteiger charge is -2.15. The lowest BCUT2D eigenvalue weighted by molar-refractivity contribution is -0.832. The van der Waals surface area contributed by atoms with Crippen LogP contribution in [0.15, 0.2) is 87.3 Å². The van der Waals surface area contributed by atoms with Crippen molar-refractivity contribution >= 4 is 26.7 Å². The van der Waals surface area contributed by atoms with E-state index >= 15 is 0 Å². The summed E-state index contributed by atoms with van der Waals surface area (Å²) in [4.78, 5) is 17.7. The number of hydrogen-bond acceptors (Lipinski definition) is 12. The quantitative estimate of drug-likeness (QED) is 0.0920. The average Bonchev–Trinajstić information content (AvgIpc) is 3.47. The second-order valence-corrected chi connectivity index (χ2v) is 11.8. The first-order valence-corrected chi connectivity index (χ1v) is 15.7. The van der Waals surface area contributed by atoms with E-state index in [1.807, 2.05) is 18.2 Å². The van der Waals surface area contributed by atoms with E-state index in [9.17, 15) is 18.4 Å². The van der Waals surface area contributed by atoms with Crippen molar-refractivity contribution in [3.05, 3.63) is 83.6 Å². The van der Waals surface area contributed by atoms with Gasteiger partial charge in [0.25, 0.3) is 9.84 Å². The highest BCUT2D eigenvalue weighted by Gasteiger charge is 2.35. The molecule has 0 spiro atoms. The van der Waals surface area contributed by atoms with E-state index in [0.717, 1.165) is 0 Å². The molecule has 2 heterocycles. The number of unbranched alkanes of at least 4 members (excludes halogenated alkanes) is 2. The van der Waals surface area contributed by atoms with Gasteiger partial charge in [-0.1, -0.05) is 36.4 Å². The Kier molecular flexibility index (Phi) is 9.86. The summed E-state index contributed by atoms with van der Waals surface area (Å²) >= 11 is 0. The Bertz CT molecular complexity index is 1920. The van der Waals surface area contributed by atoms with Crippen LogP contribution in [0, 0.1) is 5.21 Å². The highest BCUT2D eigenvalue weighted by molar-refractivity contribution is 7.91. The summed E-state index contributed by atoms with van der Waals surface area (Å²) < 4.78 is 57.7. The lowest BCUT2D eigenvalue weighted by atomic mass is 10.0. The number of ether oxygens (including phenoxy) is 5. The molecule has 0 fully saturated rings. The number of fused-ring (bicyclic) bond motifs is 1. The average molecular weight is 650 g/mol. The van der Waals surface area contributed by atoms with E-state index in [1.54, 1.807) is 30.3 Å². The predicted molar refractivity (Wildman–Crippen MR) is 164 cm³/mol. The van der Waals surface area contributed by atoms with Gasteiger partial charge in [-0.3, -0.25) is 4.63 Å². The lowest BCUT2D eigenvalue weighted by Crippen LogP contribution is -2.30. The van der Waals surface area contributed by atoms with Crippen molar-refractivity contribution in [2.75, 3.05) is 34.5 Å². The van der Waals surface area contributed by atoms with Crippen molar-refractivity contribution in [2.24, 2.45) is 0 Å². The first-order valence-electron chi connectivity index (χ1n) is 14.2. The standard InChI is InChI=1S/C32H31N3O10S/c1-40-27-18-21(19-28(41-2)29(27)42-3)26-20-24(23-14-8-9-15-25(23)33-26)32(36)44-17-11-5-10-16-43-30-31(35(37)45-34-30)46(38,39)22-12-6-4-7-13-22/h4,6-9,12-15,18-20H,5,10-11,16-17H2,1-3H3. The van der Waals surface area contributed by atoms with Gasteiger partial charge in [0, 0.05) is 10.9 Å². The van der Waals surface area contributed by atoms with Gasteiger partial charge in [0.1, 0.15) is 0 Å². The largest absolute Gasteiger partial charge is 0.493 e. The summed E-state index contributed by atoms with van der Waals surface area (Å²) in [7, 11) is 0.358. The van der Waals surface area contributed by atoms with Gasteiger partial charge in [-0.15, -0.1) is 0 Å². The number of para-hydroxylation sites is 1. The third-order valence-corrected chi connectivity index (χ3v) is 8.74. The number of hydrogen-bond donors (Lipinski definition) is 0. The summed E-state index contributed by atoms with van der Waals surface area (Å²) in [5, 5.41) is 15.4. The predicted octanol–water partition coefficient (Wildman–Crippen LogP) is 4.79. The van der Waals surface area contributed by atoms with Gasteiger partial charge < -0.3 is 28.9 Å². The minimum Gasteiger partial charge on any atom is -0.493 e. The van der Waals surface area contributed by atoms with Crippen molar-refractivity contribution in [3.63, 3.8) is 0 Å². The van der Waals surface area contributed by atoms with Crippen molar-refractivity contribution in [3.8, 4) is 34.4 Å². The minimum absolute atomic E-state index is 0.0604. The Morgan fingerprint density at radius 2 is 1.54 bits per heavy atom. The van der Waals surface area contributed by atoms with Crippen LogP contribution in [0.4, 0.5) is 0 Å². The maximum Gasteiger partial charge on any atom is 0.414 e. The summed E-state index contributed by atoms with van der Waals surface area (Å²) in [5.41, 5.74) is 2.13. The summed E-state index contributed by atoms with van der Waals surface area (Å²) in [6.07, 6.45) is 1.56. The second kappa shape index (κ2) is 14.2. The molecule has 0 unspecified atom stereocenters. The molecule has 0 saturated heterocycles. The van der Waals surface area contributed by atoms with Crippen LogP contribution in [0.25, 0.3) is 22.2 Å². The maximum atomic E-state index is 13.3. The molecule has 5 rings (SSSR count). The molecule has 0 bridgehead atoms. The molecule has 46 heavy (non-hydrogen) atoms. The number of benzene rings is 3. The van der Waals surface area contributed by atoms with Gasteiger partial charge in [-0.2, -0.15) is 0 Å². The number of carbonyl (C=O) groups excluding carboxylic acids is 1. The Balaban J connectivity index is 1.21.